The molecule has 4 aliphatic rings. The second-order valence-corrected chi connectivity index (χ2v) is 10.4. The molecule has 0 spiro atoms. The summed E-state index contributed by atoms with van der Waals surface area (Å²) in [5.74, 6) is 0.745. The van der Waals surface area contributed by atoms with Crippen molar-refractivity contribution in [2.75, 3.05) is 6.61 Å². The fourth-order valence-electron chi connectivity index (χ4n) is 6.41. The average molecular weight is 403 g/mol. The second-order valence-electron chi connectivity index (χ2n) is 10.4. The molecule has 0 amide bonds. The van der Waals surface area contributed by atoms with E-state index in [9.17, 15) is 15.0 Å². The third-order valence-corrected chi connectivity index (χ3v) is 8.26. The van der Waals surface area contributed by atoms with Gasteiger partial charge in [-0.2, -0.15) is 0 Å². The molecule has 1 heterocycles. The molecule has 160 valence electrons. The Hall–Kier alpha value is -1.59. The van der Waals surface area contributed by atoms with Gasteiger partial charge in [-0.05, 0) is 61.0 Å². The van der Waals surface area contributed by atoms with Crippen LogP contribution in [-0.4, -0.2) is 40.6 Å². The number of fused-ring (bicyclic) bond motifs is 2. The Labute approximate surface area is 173 Å². The van der Waals surface area contributed by atoms with E-state index in [1.807, 2.05) is 31.2 Å². The van der Waals surface area contributed by atoms with E-state index in [4.69, 9.17) is 9.47 Å². The maximum Gasteiger partial charge on any atom is 0.310 e. The molecule has 0 aromatic rings. The SMILES string of the molecule is CC1(C)[C@H](O)CC[C@@]2(C)[C@@H]1CC[C@](C)(O)[C@@H]2COC1=C[C@H]2OC(=O)CC=C2C=C1. The minimum absolute atomic E-state index is 0.0410. The smallest absolute Gasteiger partial charge is 0.310 e. The molecule has 5 nitrogen and oxygen atoms in total. The van der Waals surface area contributed by atoms with Crippen LogP contribution in [0.4, 0.5) is 0 Å². The average Bonchev–Trinajstić information content (AvgIpc) is 2.64. The van der Waals surface area contributed by atoms with E-state index in [1.54, 1.807) is 0 Å². The fraction of sp³-hybridized carbons (Fsp3) is 0.708. The number of ether oxygens (including phenoxy) is 2. The summed E-state index contributed by atoms with van der Waals surface area (Å²) in [6.07, 6.45) is 10.5. The van der Waals surface area contributed by atoms with Crippen molar-refractivity contribution in [1.29, 1.82) is 0 Å². The number of aliphatic hydroxyl groups excluding tert-OH is 1. The monoisotopic (exact) mass is 402 g/mol. The van der Waals surface area contributed by atoms with Crippen LogP contribution < -0.4 is 0 Å². The molecule has 4 rings (SSSR count). The summed E-state index contributed by atoms with van der Waals surface area (Å²) in [5, 5.41) is 21.9. The first-order valence-electron chi connectivity index (χ1n) is 10.9. The Morgan fingerprint density at radius 2 is 1.93 bits per heavy atom. The van der Waals surface area contributed by atoms with Crippen LogP contribution in [0, 0.1) is 22.7 Å². The highest BCUT2D eigenvalue weighted by Gasteiger charge is 2.60. The molecule has 0 aromatic carbocycles. The van der Waals surface area contributed by atoms with Gasteiger partial charge < -0.3 is 19.7 Å². The summed E-state index contributed by atoms with van der Waals surface area (Å²) in [6, 6.07) is 0. The van der Waals surface area contributed by atoms with Gasteiger partial charge in [-0.1, -0.05) is 32.9 Å². The van der Waals surface area contributed by atoms with Crippen LogP contribution in [0.5, 0.6) is 0 Å². The number of rotatable bonds is 3. The molecule has 3 aliphatic carbocycles. The van der Waals surface area contributed by atoms with Crippen LogP contribution in [-0.2, 0) is 14.3 Å². The van der Waals surface area contributed by atoms with E-state index < -0.39 is 5.60 Å². The number of hydrogen-bond donors (Lipinski definition) is 2. The lowest BCUT2D eigenvalue weighted by Crippen LogP contribution is -2.61. The zero-order chi connectivity index (χ0) is 21.0. The van der Waals surface area contributed by atoms with Crippen molar-refractivity contribution in [2.45, 2.75) is 77.6 Å². The Kier molecular flexibility index (Phi) is 4.98. The maximum atomic E-state index is 11.6. The summed E-state index contributed by atoms with van der Waals surface area (Å²) in [6.45, 7) is 8.92. The van der Waals surface area contributed by atoms with Gasteiger partial charge in [0.05, 0.1) is 24.7 Å². The topological polar surface area (TPSA) is 76.0 Å². The van der Waals surface area contributed by atoms with E-state index in [0.29, 0.717) is 31.1 Å². The summed E-state index contributed by atoms with van der Waals surface area (Å²) in [4.78, 5) is 11.6. The highest BCUT2D eigenvalue weighted by molar-refractivity contribution is 5.74. The van der Waals surface area contributed by atoms with E-state index in [0.717, 1.165) is 24.8 Å². The van der Waals surface area contributed by atoms with Gasteiger partial charge in [-0.3, -0.25) is 4.79 Å². The minimum atomic E-state index is -0.815. The van der Waals surface area contributed by atoms with Crippen molar-refractivity contribution in [3.05, 3.63) is 35.6 Å². The highest BCUT2D eigenvalue weighted by Crippen LogP contribution is 2.62. The minimum Gasteiger partial charge on any atom is -0.493 e. The van der Waals surface area contributed by atoms with Gasteiger partial charge in [-0.15, -0.1) is 0 Å². The third-order valence-electron chi connectivity index (χ3n) is 8.26. The molecule has 6 atom stereocenters. The van der Waals surface area contributed by atoms with Crippen LogP contribution in [0.3, 0.4) is 0 Å². The molecule has 29 heavy (non-hydrogen) atoms. The number of esters is 1. The van der Waals surface area contributed by atoms with Crippen LogP contribution in [0.2, 0.25) is 0 Å². The Balaban J connectivity index is 1.54. The number of hydrogen-bond acceptors (Lipinski definition) is 5. The number of carbonyl (C=O) groups is 1. The molecule has 2 saturated carbocycles. The lowest BCUT2D eigenvalue weighted by molar-refractivity contribution is -0.204. The van der Waals surface area contributed by atoms with Gasteiger partial charge in [-0.25, -0.2) is 0 Å². The zero-order valence-corrected chi connectivity index (χ0v) is 18.0. The molecule has 2 N–H and O–H groups in total. The molecular formula is C24H34O5. The Bertz CT molecular complexity index is 774. The summed E-state index contributed by atoms with van der Waals surface area (Å²) in [5.41, 5.74) is -0.116. The van der Waals surface area contributed by atoms with Gasteiger partial charge in [0.2, 0.25) is 0 Å². The fourth-order valence-corrected chi connectivity index (χ4v) is 6.41. The van der Waals surface area contributed by atoms with Crippen molar-refractivity contribution in [1.82, 2.24) is 0 Å². The quantitative estimate of drug-likeness (QED) is 0.705. The van der Waals surface area contributed by atoms with Crippen molar-refractivity contribution in [2.24, 2.45) is 22.7 Å². The first-order chi connectivity index (χ1) is 13.5. The van der Waals surface area contributed by atoms with Crippen LogP contribution >= 0.6 is 0 Å². The first kappa shape index (κ1) is 20.7. The Morgan fingerprint density at radius 1 is 1.17 bits per heavy atom. The molecule has 2 fully saturated rings. The van der Waals surface area contributed by atoms with Crippen LogP contribution in [0.1, 0.15) is 59.8 Å². The molecular weight excluding hydrogens is 368 g/mol. The van der Waals surface area contributed by atoms with Crippen LogP contribution in [0.15, 0.2) is 35.6 Å². The molecule has 0 radical (unpaired) electrons. The normalized spacial score (nSPS) is 43.4. The van der Waals surface area contributed by atoms with E-state index in [1.165, 1.54) is 0 Å². The largest absolute Gasteiger partial charge is 0.493 e. The molecule has 1 aliphatic heterocycles. The van der Waals surface area contributed by atoms with Gasteiger partial charge in [0.25, 0.3) is 0 Å². The molecule has 5 heteroatoms. The van der Waals surface area contributed by atoms with Crippen LogP contribution in [0.25, 0.3) is 0 Å². The van der Waals surface area contributed by atoms with Gasteiger partial charge in [0.1, 0.15) is 11.9 Å². The first-order valence-corrected chi connectivity index (χ1v) is 10.9. The maximum absolute atomic E-state index is 11.6. The Morgan fingerprint density at radius 3 is 2.69 bits per heavy atom. The van der Waals surface area contributed by atoms with Crippen molar-refractivity contribution >= 4 is 5.97 Å². The second kappa shape index (κ2) is 6.98. The summed E-state index contributed by atoms with van der Waals surface area (Å²) in [7, 11) is 0. The third kappa shape index (κ3) is 3.46. The number of carbonyl (C=O) groups excluding carboxylic acids is 1. The van der Waals surface area contributed by atoms with E-state index in [2.05, 4.69) is 20.8 Å². The lowest BCUT2D eigenvalue weighted by atomic mass is 9.45. The standard InChI is InChI=1S/C24H34O5/c1-22(2)18-9-12-24(4,27)19(23(18,3)11-10-20(22)25)14-28-16-7-5-15-6-8-21(26)29-17(15)13-16/h5-7,13,17-20,25,27H,8-12,14H2,1-4H3/t17-,18-,19-,20-,23+,24+/m1/s1. The van der Waals surface area contributed by atoms with Crippen molar-refractivity contribution < 1.29 is 24.5 Å². The summed E-state index contributed by atoms with van der Waals surface area (Å²) < 4.78 is 11.6. The number of aliphatic hydroxyl groups is 2. The van der Waals surface area contributed by atoms with E-state index >= 15 is 0 Å². The van der Waals surface area contributed by atoms with E-state index in [-0.39, 0.29) is 34.9 Å². The van der Waals surface area contributed by atoms with Crippen molar-refractivity contribution in [3.63, 3.8) is 0 Å². The highest BCUT2D eigenvalue weighted by atomic mass is 16.5. The predicted octanol–water partition coefficient (Wildman–Crippen LogP) is 3.66. The molecule has 0 aromatic heterocycles. The molecule has 0 bridgehead atoms. The van der Waals surface area contributed by atoms with Gasteiger partial charge >= 0.3 is 5.97 Å². The summed E-state index contributed by atoms with van der Waals surface area (Å²) >= 11 is 0. The predicted molar refractivity (Wildman–Crippen MR) is 110 cm³/mol. The van der Waals surface area contributed by atoms with Crippen molar-refractivity contribution in [3.8, 4) is 0 Å². The number of allylic oxidation sites excluding steroid dienone is 1. The van der Waals surface area contributed by atoms with Gasteiger partial charge in [0.15, 0.2) is 0 Å². The molecule has 0 saturated heterocycles. The molecule has 0 unspecified atom stereocenters. The van der Waals surface area contributed by atoms with Gasteiger partial charge in [0, 0.05) is 12.0 Å². The zero-order valence-electron chi connectivity index (χ0n) is 18.0. The lowest BCUT2D eigenvalue weighted by Gasteiger charge is -2.62.